The molecule has 1 amide bonds. The van der Waals surface area contributed by atoms with Crippen molar-refractivity contribution >= 4 is 5.91 Å². The van der Waals surface area contributed by atoms with Crippen LogP contribution in [0.2, 0.25) is 0 Å². The van der Waals surface area contributed by atoms with Crippen molar-refractivity contribution in [2.75, 3.05) is 20.2 Å². The van der Waals surface area contributed by atoms with Crippen molar-refractivity contribution in [2.45, 2.75) is 44.6 Å². The van der Waals surface area contributed by atoms with Crippen molar-refractivity contribution in [3.05, 3.63) is 87.9 Å². The van der Waals surface area contributed by atoms with Crippen molar-refractivity contribution in [3.8, 4) is 5.75 Å². The highest BCUT2D eigenvalue weighted by molar-refractivity contribution is 5.96. The van der Waals surface area contributed by atoms with Crippen LogP contribution in [-0.2, 0) is 6.42 Å². The van der Waals surface area contributed by atoms with Gasteiger partial charge in [-0.05, 0) is 42.2 Å². The lowest BCUT2D eigenvalue weighted by Crippen LogP contribution is -2.45. The van der Waals surface area contributed by atoms with E-state index in [1.54, 1.807) is 11.0 Å². The number of nitrogens with zero attached hydrogens (tertiary/aromatic N) is 2. The minimum atomic E-state index is -0.223. The molecule has 3 aliphatic rings. The topological polar surface area (TPSA) is 51.5 Å². The Hall–Kier alpha value is -3.08. The van der Waals surface area contributed by atoms with Crippen LogP contribution in [0.15, 0.2) is 65.6 Å². The fourth-order valence-corrected chi connectivity index (χ4v) is 5.82. The van der Waals surface area contributed by atoms with Crippen LogP contribution in [0.5, 0.6) is 5.75 Å². The fraction of sp³-hybridized carbons (Fsp3) is 0.429. The normalized spacial score (nSPS) is 25.8. The van der Waals surface area contributed by atoms with E-state index < -0.39 is 0 Å². The van der Waals surface area contributed by atoms with Crippen LogP contribution in [0.3, 0.4) is 0 Å². The number of fused-ring (bicyclic) bond motifs is 3. The maximum Gasteiger partial charge on any atom is 0.274 e. The summed E-state index contributed by atoms with van der Waals surface area (Å²) >= 11 is 0. The van der Waals surface area contributed by atoms with Gasteiger partial charge in [-0.3, -0.25) is 9.59 Å². The second-order valence-electron chi connectivity index (χ2n) is 9.49. The van der Waals surface area contributed by atoms with E-state index in [0.29, 0.717) is 30.7 Å². The van der Waals surface area contributed by atoms with Gasteiger partial charge < -0.3 is 14.2 Å². The van der Waals surface area contributed by atoms with E-state index in [1.165, 1.54) is 11.1 Å². The van der Waals surface area contributed by atoms with Gasteiger partial charge in [-0.15, -0.1) is 0 Å². The SMILES string of the molecule is CCCCOc1c2n(ccc1=O)C(C1c3ccccc3CCC3C=CC=CC31)CN(C)C2=O. The number of pyridine rings is 1. The molecule has 4 atom stereocenters. The van der Waals surface area contributed by atoms with Crippen molar-refractivity contribution < 1.29 is 9.53 Å². The Morgan fingerprint density at radius 3 is 2.76 bits per heavy atom. The number of carbonyl (C=O) groups is 1. The molecule has 33 heavy (non-hydrogen) atoms. The standard InChI is InChI=1S/C28H32N2O3/c1-3-4-17-33-27-24(31)15-16-30-23(18-29(2)28(32)26(27)30)25-21-11-7-5-9-19(21)13-14-20-10-6-8-12-22(20)25/h5-12,15-16,19,21,23,25H,3-4,13-14,17-18H2,1-2H3. The molecule has 2 aromatic rings. The number of benzene rings is 1. The number of hydrogen-bond acceptors (Lipinski definition) is 3. The molecular formula is C28H32N2O3. The first-order chi connectivity index (χ1) is 16.1. The minimum Gasteiger partial charge on any atom is -0.487 e. The van der Waals surface area contributed by atoms with E-state index in [0.717, 1.165) is 25.7 Å². The Balaban J connectivity index is 1.67. The summed E-state index contributed by atoms with van der Waals surface area (Å²) in [6.07, 6.45) is 14.8. The highest BCUT2D eigenvalue weighted by atomic mass is 16.5. The molecular weight excluding hydrogens is 412 g/mol. The molecule has 0 fully saturated rings. The molecule has 5 rings (SSSR count). The van der Waals surface area contributed by atoms with E-state index in [1.807, 2.05) is 17.8 Å². The summed E-state index contributed by atoms with van der Waals surface area (Å²) in [5.74, 6) is 1.04. The van der Waals surface area contributed by atoms with Gasteiger partial charge >= 0.3 is 0 Å². The first kappa shape index (κ1) is 21.7. The number of amides is 1. The monoisotopic (exact) mass is 444 g/mol. The van der Waals surface area contributed by atoms with Gasteiger partial charge in [0.1, 0.15) is 0 Å². The van der Waals surface area contributed by atoms with Crippen LogP contribution >= 0.6 is 0 Å². The van der Waals surface area contributed by atoms with Crippen LogP contribution in [-0.4, -0.2) is 35.6 Å². The summed E-state index contributed by atoms with van der Waals surface area (Å²) < 4.78 is 7.97. The summed E-state index contributed by atoms with van der Waals surface area (Å²) in [5, 5.41) is 0. The molecule has 0 N–H and O–H groups in total. The number of aryl methyl sites for hydroxylation is 1. The number of carbonyl (C=O) groups excluding carboxylic acids is 1. The quantitative estimate of drug-likeness (QED) is 0.626. The van der Waals surface area contributed by atoms with Gasteiger partial charge in [0.25, 0.3) is 5.91 Å². The molecule has 2 aliphatic carbocycles. The molecule has 0 saturated heterocycles. The Labute approximate surface area is 195 Å². The van der Waals surface area contributed by atoms with Gasteiger partial charge in [0.2, 0.25) is 5.43 Å². The third-order valence-corrected chi connectivity index (χ3v) is 7.48. The van der Waals surface area contributed by atoms with E-state index in [-0.39, 0.29) is 29.0 Å². The number of allylic oxidation sites excluding steroid dienone is 4. The molecule has 5 heteroatoms. The van der Waals surface area contributed by atoms with Gasteiger partial charge in [-0.25, -0.2) is 0 Å². The first-order valence-corrected chi connectivity index (χ1v) is 12.2. The van der Waals surface area contributed by atoms with E-state index in [9.17, 15) is 9.59 Å². The summed E-state index contributed by atoms with van der Waals surface area (Å²) in [6, 6.07) is 10.3. The Morgan fingerprint density at radius 2 is 1.91 bits per heavy atom. The third-order valence-electron chi connectivity index (χ3n) is 7.48. The summed E-state index contributed by atoms with van der Waals surface area (Å²) in [7, 11) is 1.84. The second kappa shape index (κ2) is 9.05. The van der Waals surface area contributed by atoms with E-state index in [4.69, 9.17) is 4.74 Å². The average Bonchev–Trinajstić information content (AvgIpc) is 2.99. The molecule has 0 radical (unpaired) electrons. The molecule has 5 nitrogen and oxygen atoms in total. The third kappa shape index (κ3) is 3.84. The van der Waals surface area contributed by atoms with Crippen LogP contribution < -0.4 is 10.2 Å². The number of unbranched alkanes of at least 4 members (excludes halogenated alkanes) is 1. The van der Waals surface area contributed by atoms with E-state index in [2.05, 4.69) is 55.5 Å². The summed E-state index contributed by atoms with van der Waals surface area (Å²) in [4.78, 5) is 27.8. The maximum absolute atomic E-state index is 13.3. The lowest BCUT2D eigenvalue weighted by Gasteiger charge is -2.42. The van der Waals surface area contributed by atoms with Crippen LogP contribution in [0.4, 0.5) is 0 Å². The highest BCUT2D eigenvalue weighted by Crippen LogP contribution is 2.48. The zero-order chi connectivity index (χ0) is 22.9. The number of rotatable bonds is 5. The first-order valence-electron chi connectivity index (χ1n) is 12.2. The Morgan fingerprint density at radius 1 is 1.09 bits per heavy atom. The van der Waals surface area contributed by atoms with Gasteiger partial charge in [-0.2, -0.15) is 0 Å². The van der Waals surface area contributed by atoms with Gasteiger partial charge in [0.05, 0.1) is 12.6 Å². The highest BCUT2D eigenvalue weighted by Gasteiger charge is 2.43. The molecule has 4 unspecified atom stereocenters. The van der Waals surface area contributed by atoms with Gasteiger partial charge in [0, 0.05) is 31.8 Å². The predicted molar refractivity (Wildman–Crippen MR) is 130 cm³/mol. The largest absolute Gasteiger partial charge is 0.487 e. The molecule has 172 valence electrons. The van der Waals surface area contributed by atoms with Crippen LogP contribution in [0.1, 0.15) is 59.8 Å². The van der Waals surface area contributed by atoms with Crippen molar-refractivity contribution in [1.82, 2.24) is 9.47 Å². The summed E-state index contributed by atoms with van der Waals surface area (Å²) in [5.41, 5.74) is 2.92. The maximum atomic E-state index is 13.3. The molecule has 0 bridgehead atoms. The zero-order valence-corrected chi connectivity index (χ0v) is 19.4. The Kier molecular flexibility index (Phi) is 5.96. The number of likely N-dealkylation sites (N-methyl/N-ethyl adjacent to an activating group) is 1. The molecule has 1 aromatic heterocycles. The average molecular weight is 445 g/mol. The predicted octanol–water partition coefficient (Wildman–Crippen LogP) is 4.74. The van der Waals surface area contributed by atoms with E-state index >= 15 is 0 Å². The molecule has 0 spiro atoms. The minimum absolute atomic E-state index is 0.0136. The van der Waals surface area contributed by atoms with Gasteiger partial charge in [-0.1, -0.05) is 61.9 Å². The lowest BCUT2D eigenvalue weighted by atomic mass is 9.72. The lowest BCUT2D eigenvalue weighted by molar-refractivity contribution is 0.0678. The fourth-order valence-electron chi connectivity index (χ4n) is 5.82. The van der Waals surface area contributed by atoms with Crippen molar-refractivity contribution in [3.63, 3.8) is 0 Å². The number of aromatic nitrogens is 1. The number of ether oxygens (including phenoxy) is 1. The molecule has 0 saturated carbocycles. The van der Waals surface area contributed by atoms with Crippen molar-refractivity contribution in [1.29, 1.82) is 0 Å². The zero-order valence-electron chi connectivity index (χ0n) is 19.4. The Bertz CT molecular complexity index is 1160. The smallest absolute Gasteiger partial charge is 0.274 e. The van der Waals surface area contributed by atoms with Crippen molar-refractivity contribution in [2.24, 2.45) is 11.8 Å². The molecule has 2 heterocycles. The van der Waals surface area contributed by atoms with Crippen LogP contribution in [0.25, 0.3) is 0 Å². The second-order valence-corrected chi connectivity index (χ2v) is 9.49. The van der Waals surface area contributed by atoms with Crippen LogP contribution in [0, 0.1) is 11.8 Å². The van der Waals surface area contributed by atoms with Gasteiger partial charge in [0.15, 0.2) is 11.4 Å². The summed E-state index contributed by atoms with van der Waals surface area (Å²) in [6.45, 7) is 3.12. The molecule has 1 aliphatic heterocycles. The molecule has 1 aromatic carbocycles. The number of hydrogen-bond donors (Lipinski definition) is 0.